The molecule has 0 saturated heterocycles. The van der Waals surface area contributed by atoms with Crippen LogP contribution in [0.25, 0.3) is 0 Å². The first-order valence-corrected chi connectivity index (χ1v) is 8.45. The number of amidine groups is 2. The highest BCUT2D eigenvalue weighted by Gasteiger charge is 2.31. The Morgan fingerprint density at radius 1 is 1.35 bits per heavy atom. The summed E-state index contributed by atoms with van der Waals surface area (Å²) in [6, 6.07) is 6.39. The third kappa shape index (κ3) is 2.79. The number of rotatable bonds is 0. The van der Waals surface area contributed by atoms with Crippen LogP contribution in [0.2, 0.25) is 0 Å². The summed E-state index contributed by atoms with van der Waals surface area (Å²) < 4.78 is 1.10. The maximum Gasteiger partial charge on any atom is 0.170 e. The van der Waals surface area contributed by atoms with Crippen molar-refractivity contribution in [2.75, 3.05) is 13.1 Å². The molecule has 20 heavy (non-hydrogen) atoms. The molecule has 0 amide bonds. The van der Waals surface area contributed by atoms with E-state index in [0.29, 0.717) is 0 Å². The summed E-state index contributed by atoms with van der Waals surface area (Å²) in [4.78, 5) is 13.1. The van der Waals surface area contributed by atoms with Crippen LogP contribution >= 0.6 is 27.7 Å². The minimum atomic E-state index is -0.0750. The number of fused-ring (bicyclic) bond motifs is 3. The van der Waals surface area contributed by atoms with E-state index in [-0.39, 0.29) is 5.54 Å². The van der Waals surface area contributed by atoms with Crippen molar-refractivity contribution in [3.05, 3.63) is 28.2 Å². The molecule has 0 aromatic heterocycles. The molecule has 3 rings (SSSR count). The lowest BCUT2D eigenvalue weighted by Crippen LogP contribution is -2.43. The molecule has 1 aromatic rings. The van der Waals surface area contributed by atoms with Crippen molar-refractivity contribution in [3.63, 3.8) is 0 Å². The topological polar surface area (TPSA) is 28.0 Å². The molecule has 0 radical (unpaired) electrons. The highest BCUT2D eigenvalue weighted by Crippen LogP contribution is 2.36. The van der Waals surface area contributed by atoms with E-state index >= 15 is 0 Å². The molecule has 0 N–H and O–H groups in total. The van der Waals surface area contributed by atoms with E-state index in [9.17, 15) is 0 Å². The van der Waals surface area contributed by atoms with Gasteiger partial charge in [-0.25, -0.2) is 0 Å². The number of hydrogen-bond donors (Lipinski definition) is 0. The molecule has 3 nitrogen and oxygen atoms in total. The molecular formula is C15H18BrN3S. The van der Waals surface area contributed by atoms with Crippen LogP contribution < -0.4 is 0 Å². The van der Waals surface area contributed by atoms with Crippen molar-refractivity contribution < 1.29 is 0 Å². The zero-order valence-corrected chi connectivity index (χ0v) is 14.4. The Bertz CT molecular complexity index is 602. The molecule has 0 atom stereocenters. The van der Waals surface area contributed by atoms with Crippen LogP contribution in [0.15, 0.2) is 37.6 Å². The quantitative estimate of drug-likeness (QED) is 0.701. The van der Waals surface area contributed by atoms with Gasteiger partial charge in [-0.3, -0.25) is 9.98 Å². The van der Waals surface area contributed by atoms with Gasteiger partial charge in [-0.05, 0) is 45.4 Å². The van der Waals surface area contributed by atoms with E-state index < -0.39 is 0 Å². The van der Waals surface area contributed by atoms with Crippen LogP contribution in [0.5, 0.6) is 0 Å². The van der Waals surface area contributed by atoms with E-state index in [1.807, 2.05) is 0 Å². The van der Waals surface area contributed by atoms with Gasteiger partial charge in [-0.2, -0.15) is 0 Å². The van der Waals surface area contributed by atoms with Gasteiger partial charge < -0.3 is 4.90 Å². The lowest BCUT2D eigenvalue weighted by molar-refractivity contribution is 0.527. The number of benzene rings is 1. The van der Waals surface area contributed by atoms with Crippen LogP contribution in [0.4, 0.5) is 0 Å². The van der Waals surface area contributed by atoms with E-state index in [2.05, 4.69) is 59.8 Å². The molecule has 2 aliphatic heterocycles. The van der Waals surface area contributed by atoms with Gasteiger partial charge >= 0.3 is 0 Å². The van der Waals surface area contributed by atoms with Crippen LogP contribution in [0, 0.1) is 0 Å². The predicted octanol–water partition coefficient (Wildman–Crippen LogP) is 4.16. The van der Waals surface area contributed by atoms with Crippen LogP contribution in [-0.2, 0) is 0 Å². The standard InChI is InChI=1S/C15H18BrN3S/c1-15(2,3)18-14-19-8-4-7-17-13(19)11-6-5-10(16)9-12(11)20-14/h5-6,9H,4,7-8H2,1-3H3. The van der Waals surface area contributed by atoms with Crippen LogP contribution in [0.3, 0.4) is 0 Å². The number of halogens is 1. The molecule has 0 saturated carbocycles. The van der Waals surface area contributed by atoms with Crippen molar-refractivity contribution in [2.45, 2.75) is 37.6 Å². The van der Waals surface area contributed by atoms with Gasteiger partial charge in [-0.1, -0.05) is 27.7 Å². The largest absolute Gasteiger partial charge is 0.305 e. The summed E-state index contributed by atoms with van der Waals surface area (Å²) >= 11 is 5.30. The van der Waals surface area contributed by atoms with Gasteiger partial charge in [0, 0.05) is 28.0 Å². The second-order valence-electron chi connectivity index (χ2n) is 6.02. The molecule has 0 aliphatic carbocycles. The third-order valence-electron chi connectivity index (χ3n) is 3.10. The van der Waals surface area contributed by atoms with Gasteiger partial charge in [0.05, 0.1) is 5.54 Å². The summed E-state index contributed by atoms with van der Waals surface area (Å²) in [5.74, 6) is 1.08. The highest BCUT2D eigenvalue weighted by molar-refractivity contribution is 9.10. The first-order chi connectivity index (χ1) is 9.44. The Kier molecular flexibility index (Phi) is 3.67. The third-order valence-corrected chi connectivity index (χ3v) is 4.65. The molecule has 5 heteroatoms. The fraction of sp³-hybridized carbons (Fsp3) is 0.467. The number of hydrogen-bond acceptors (Lipinski definition) is 3. The summed E-state index contributed by atoms with van der Waals surface area (Å²) in [7, 11) is 0. The number of nitrogens with zero attached hydrogens (tertiary/aromatic N) is 3. The molecular weight excluding hydrogens is 334 g/mol. The second kappa shape index (κ2) is 5.19. The van der Waals surface area contributed by atoms with Crippen LogP contribution in [0.1, 0.15) is 32.8 Å². The molecule has 2 aliphatic rings. The number of aliphatic imine (C=N–C) groups is 2. The minimum absolute atomic E-state index is 0.0750. The van der Waals surface area contributed by atoms with Crippen molar-refractivity contribution in [1.82, 2.24) is 4.90 Å². The van der Waals surface area contributed by atoms with Gasteiger partial charge in [0.1, 0.15) is 5.84 Å². The predicted molar refractivity (Wildman–Crippen MR) is 89.9 cm³/mol. The SMILES string of the molecule is CC(C)(C)N=C1Sc2cc(Br)ccc2C2=NCCCN12. The summed E-state index contributed by atoms with van der Waals surface area (Å²) in [6.07, 6.45) is 1.10. The Morgan fingerprint density at radius 3 is 2.90 bits per heavy atom. The minimum Gasteiger partial charge on any atom is -0.305 e. The van der Waals surface area contributed by atoms with Crippen molar-refractivity contribution >= 4 is 38.7 Å². The van der Waals surface area contributed by atoms with Gasteiger partial charge in [0.25, 0.3) is 0 Å². The summed E-state index contributed by atoms with van der Waals surface area (Å²) in [6.45, 7) is 8.33. The zero-order valence-electron chi connectivity index (χ0n) is 12.0. The maximum atomic E-state index is 4.89. The number of thioether (sulfide) groups is 1. The average Bonchev–Trinajstić information content (AvgIpc) is 2.36. The lowest BCUT2D eigenvalue weighted by atomic mass is 10.1. The first kappa shape index (κ1) is 14.1. The van der Waals surface area contributed by atoms with Gasteiger partial charge in [0.15, 0.2) is 5.17 Å². The molecule has 0 unspecified atom stereocenters. The summed E-state index contributed by atoms with van der Waals surface area (Å²) in [5.41, 5.74) is 1.15. The summed E-state index contributed by atoms with van der Waals surface area (Å²) in [5, 5.41) is 1.07. The molecule has 2 heterocycles. The van der Waals surface area contributed by atoms with Gasteiger partial charge in [-0.15, -0.1) is 0 Å². The smallest absolute Gasteiger partial charge is 0.170 e. The van der Waals surface area contributed by atoms with Crippen molar-refractivity contribution in [2.24, 2.45) is 9.98 Å². The molecule has 0 fully saturated rings. The Hall–Kier alpha value is -0.810. The average molecular weight is 352 g/mol. The lowest BCUT2D eigenvalue weighted by Gasteiger charge is -2.36. The fourth-order valence-corrected chi connectivity index (χ4v) is 4.08. The normalized spacial score (nSPS) is 20.5. The van der Waals surface area contributed by atoms with Gasteiger partial charge in [0.2, 0.25) is 0 Å². The Balaban J connectivity index is 2.12. The van der Waals surface area contributed by atoms with E-state index in [4.69, 9.17) is 9.98 Å². The second-order valence-corrected chi connectivity index (χ2v) is 7.94. The Morgan fingerprint density at radius 2 is 2.15 bits per heavy atom. The molecule has 1 aromatic carbocycles. The van der Waals surface area contributed by atoms with E-state index in [1.165, 1.54) is 10.5 Å². The highest BCUT2D eigenvalue weighted by atomic mass is 79.9. The van der Waals surface area contributed by atoms with Crippen molar-refractivity contribution in [1.29, 1.82) is 0 Å². The maximum absolute atomic E-state index is 4.89. The first-order valence-electron chi connectivity index (χ1n) is 6.84. The monoisotopic (exact) mass is 351 g/mol. The molecule has 106 valence electrons. The van der Waals surface area contributed by atoms with Crippen LogP contribution in [-0.4, -0.2) is 34.5 Å². The zero-order chi connectivity index (χ0) is 14.3. The molecule has 0 bridgehead atoms. The molecule has 0 spiro atoms. The van der Waals surface area contributed by atoms with E-state index in [1.54, 1.807) is 11.8 Å². The Labute approximate surface area is 132 Å². The van der Waals surface area contributed by atoms with E-state index in [0.717, 1.165) is 35.0 Å². The van der Waals surface area contributed by atoms with Crippen molar-refractivity contribution in [3.8, 4) is 0 Å². The fourth-order valence-electron chi connectivity index (χ4n) is 2.31.